The second kappa shape index (κ2) is 12.3. The summed E-state index contributed by atoms with van der Waals surface area (Å²) in [6.45, 7) is -0.380. The van der Waals surface area contributed by atoms with Crippen LogP contribution in [0.25, 0.3) is 0 Å². The standard InChI is InChI=1S/C29H29F4N5O5S/c1-37-23(7-11-36-37)20-6-9-29(32,33)15-26(20)43-25-13-22(31)27(14-21(25)30)44(39,40)38(28-8-10-34-17-35-28)16-18-4-5-19(41-2)12-24(18)42-3/h4-5,7-8,10-14,17,20,26H,6,9,15-16H2,1-3H3. The van der Waals surface area contributed by atoms with Crippen LogP contribution in [0, 0.1) is 11.6 Å². The number of aryl methyl sites for hydroxylation is 1. The van der Waals surface area contributed by atoms with Crippen molar-refractivity contribution < 1.29 is 40.2 Å². The molecule has 234 valence electrons. The average molecular weight is 636 g/mol. The lowest BCUT2D eigenvalue weighted by atomic mass is 9.82. The Bertz CT molecular complexity index is 1740. The third kappa shape index (κ3) is 6.27. The Labute approximate surface area is 251 Å². The predicted octanol–water partition coefficient (Wildman–Crippen LogP) is 5.25. The summed E-state index contributed by atoms with van der Waals surface area (Å²) in [5, 5.41) is 4.08. The lowest BCUT2D eigenvalue weighted by molar-refractivity contribution is -0.0787. The van der Waals surface area contributed by atoms with E-state index in [4.69, 9.17) is 14.2 Å². The molecule has 0 saturated heterocycles. The molecule has 2 heterocycles. The number of hydrogen-bond donors (Lipinski definition) is 0. The minimum Gasteiger partial charge on any atom is -0.497 e. The van der Waals surface area contributed by atoms with Gasteiger partial charge in [-0.05, 0) is 24.6 Å². The minimum absolute atomic E-state index is 0.0243. The van der Waals surface area contributed by atoms with Crippen molar-refractivity contribution in [3.63, 3.8) is 0 Å². The first-order chi connectivity index (χ1) is 20.9. The predicted molar refractivity (Wildman–Crippen MR) is 150 cm³/mol. The van der Waals surface area contributed by atoms with Gasteiger partial charge >= 0.3 is 0 Å². The molecular weight excluding hydrogens is 606 g/mol. The number of anilines is 1. The number of alkyl halides is 2. The Balaban J connectivity index is 1.50. The maximum Gasteiger partial charge on any atom is 0.268 e. The van der Waals surface area contributed by atoms with E-state index in [1.54, 1.807) is 31.3 Å². The van der Waals surface area contributed by atoms with Gasteiger partial charge in [-0.25, -0.2) is 40.3 Å². The molecule has 1 aliphatic rings. The Morgan fingerprint density at radius 3 is 2.48 bits per heavy atom. The number of aromatic nitrogens is 4. The highest BCUT2D eigenvalue weighted by atomic mass is 32.2. The summed E-state index contributed by atoms with van der Waals surface area (Å²) in [5.74, 6) is -6.34. The van der Waals surface area contributed by atoms with Crippen LogP contribution in [0.5, 0.6) is 17.2 Å². The van der Waals surface area contributed by atoms with E-state index >= 15 is 8.78 Å². The fraction of sp³-hybridized carbons (Fsp3) is 0.345. The molecule has 1 aliphatic carbocycles. The maximum absolute atomic E-state index is 15.6. The summed E-state index contributed by atoms with van der Waals surface area (Å²) in [5.41, 5.74) is 0.968. The highest BCUT2D eigenvalue weighted by Crippen LogP contribution is 2.43. The molecule has 0 bridgehead atoms. The van der Waals surface area contributed by atoms with Crippen molar-refractivity contribution in [1.82, 2.24) is 19.7 Å². The number of nitrogens with zero attached hydrogens (tertiary/aromatic N) is 5. The molecule has 0 N–H and O–H groups in total. The first kappa shape index (κ1) is 31.0. The van der Waals surface area contributed by atoms with E-state index in [0.717, 1.165) is 10.6 Å². The van der Waals surface area contributed by atoms with Gasteiger partial charge < -0.3 is 14.2 Å². The highest BCUT2D eigenvalue weighted by molar-refractivity contribution is 7.92. The van der Waals surface area contributed by atoms with Gasteiger partial charge in [0.15, 0.2) is 11.6 Å². The van der Waals surface area contributed by atoms with Gasteiger partial charge in [0.1, 0.15) is 40.5 Å². The molecule has 0 aliphatic heterocycles. The van der Waals surface area contributed by atoms with Gasteiger partial charge in [-0.2, -0.15) is 5.10 Å². The first-order valence-electron chi connectivity index (χ1n) is 13.4. The second-order valence-electron chi connectivity index (χ2n) is 10.2. The second-order valence-corrected chi connectivity index (χ2v) is 12.0. The maximum atomic E-state index is 15.6. The molecule has 0 spiro atoms. The van der Waals surface area contributed by atoms with Crippen molar-refractivity contribution in [1.29, 1.82) is 0 Å². The molecule has 5 rings (SSSR count). The first-order valence-corrected chi connectivity index (χ1v) is 14.9. The Morgan fingerprint density at radius 2 is 1.82 bits per heavy atom. The molecule has 2 unspecified atom stereocenters. The third-order valence-electron chi connectivity index (χ3n) is 7.47. The summed E-state index contributed by atoms with van der Waals surface area (Å²) in [6.07, 6.45) is 1.55. The number of benzene rings is 2. The van der Waals surface area contributed by atoms with E-state index < -0.39 is 63.1 Å². The average Bonchev–Trinajstić information content (AvgIpc) is 3.42. The lowest BCUT2D eigenvalue weighted by Gasteiger charge is -2.36. The van der Waals surface area contributed by atoms with Crippen molar-refractivity contribution >= 4 is 15.8 Å². The quantitative estimate of drug-likeness (QED) is 0.218. The van der Waals surface area contributed by atoms with Crippen LogP contribution >= 0.6 is 0 Å². The normalized spacial score (nSPS) is 18.1. The third-order valence-corrected chi connectivity index (χ3v) is 9.24. The fourth-order valence-electron chi connectivity index (χ4n) is 5.24. The van der Waals surface area contributed by atoms with Crippen LogP contribution in [0.4, 0.5) is 23.4 Å². The zero-order chi connectivity index (χ0) is 31.6. The van der Waals surface area contributed by atoms with Crippen LogP contribution in [-0.2, 0) is 23.6 Å². The van der Waals surface area contributed by atoms with Gasteiger partial charge in [-0.15, -0.1) is 0 Å². The van der Waals surface area contributed by atoms with Crippen molar-refractivity contribution in [2.45, 2.75) is 48.6 Å². The van der Waals surface area contributed by atoms with Crippen LogP contribution in [0.2, 0.25) is 0 Å². The van der Waals surface area contributed by atoms with E-state index in [1.165, 1.54) is 37.4 Å². The molecule has 15 heteroatoms. The Kier molecular flexibility index (Phi) is 8.68. The van der Waals surface area contributed by atoms with Crippen LogP contribution in [0.15, 0.2) is 66.1 Å². The number of rotatable bonds is 10. The number of ether oxygens (including phenoxy) is 3. The van der Waals surface area contributed by atoms with E-state index in [9.17, 15) is 17.2 Å². The Morgan fingerprint density at radius 1 is 1.02 bits per heavy atom. The SMILES string of the molecule is COc1ccc(CN(c2ccncn2)S(=O)(=O)c2cc(F)c(OC3CC(F)(F)CCC3c3ccnn3C)cc2F)c(OC)c1. The number of halogens is 4. The largest absolute Gasteiger partial charge is 0.497 e. The number of sulfonamides is 1. The smallest absolute Gasteiger partial charge is 0.268 e. The van der Waals surface area contributed by atoms with Gasteiger partial charge in [-0.3, -0.25) is 4.68 Å². The number of methoxy groups -OCH3 is 2. The molecule has 1 fully saturated rings. The van der Waals surface area contributed by atoms with Crippen molar-refractivity contribution in [3.05, 3.63) is 84.1 Å². The minimum atomic E-state index is -4.81. The molecule has 1 saturated carbocycles. The molecule has 0 radical (unpaired) electrons. The van der Waals surface area contributed by atoms with E-state index in [0.29, 0.717) is 29.1 Å². The van der Waals surface area contributed by atoms with Crippen molar-refractivity contribution in [2.75, 3.05) is 18.5 Å². The zero-order valence-corrected chi connectivity index (χ0v) is 24.8. The van der Waals surface area contributed by atoms with Gasteiger partial charge in [0, 0.05) is 73.7 Å². The molecule has 2 aromatic carbocycles. The summed E-state index contributed by atoms with van der Waals surface area (Å²) in [4.78, 5) is 6.80. The van der Waals surface area contributed by atoms with Crippen LogP contribution < -0.4 is 18.5 Å². The van der Waals surface area contributed by atoms with E-state index in [-0.39, 0.29) is 24.5 Å². The zero-order valence-electron chi connectivity index (χ0n) is 24.0. The molecule has 10 nitrogen and oxygen atoms in total. The monoisotopic (exact) mass is 635 g/mol. The topological polar surface area (TPSA) is 109 Å². The summed E-state index contributed by atoms with van der Waals surface area (Å²) < 4.78 is 106. The van der Waals surface area contributed by atoms with Gasteiger partial charge in [0.2, 0.25) is 0 Å². The van der Waals surface area contributed by atoms with Crippen LogP contribution in [0.1, 0.15) is 36.4 Å². The van der Waals surface area contributed by atoms with Crippen molar-refractivity contribution in [2.24, 2.45) is 7.05 Å². The molecule has 44 heavy (non-hydrogen) atoms. The van der Waals surface area contributed by atoms with Crippen LogP contribution in [-0.4, -0.2) is 54.4 Å². The van der Waals surface area contributed by atoms with Crippen molar-refractivity contribution in [3.8, 4) is 17.2 Å². The van der Waals surface area contributed by atoms with Gasteiger partial charge in [-0.1, -0.05) is 0 Å². The molecule has 0 amide bonds. The van der Waals surface area contributed by atoms with Crippen LogP contribution in [0.3, 0.4) is 0 Å². The Hall–Kier alpha value is -4.40. The summed E-state index contributed by atoms with van der Waals surface area (Å²) in [6, 6.07) is 8.66. The highest BCUT2D eigenvalue weighted by Gasteiger charge is 2.44. The fourth-order valence-corrected chi connectivity index (χ4v) is 6.70. The molecule has 4 aromatic rings. The summed E-state index contributed by atoms with van der Waals surface area (Å²) in [7, 11) is -0.330. The van der Waals surface area contributed by atoms with E-state index in [1.807, 2.05) is 0 Å². The van der Waals surface area contributed by atoms with Gasteiger partial charge in [0.25, 0.3) is 15.9 Å². The number of hydrogen-bond acceptors (Lipinski definition) is 8. The lowest BCUT2D eigenvalue weighted by Crippen LogP contribution is -2.39. The van der Waals surface area contributed by atoms with Gasteiger partial charge in [0.05, 0.1) is 20.8 Å². The molecule has 2 atom stereocenters. The summed E-state index contributed by atoms with van der Waals surface area (Å²) >= 11 is 0. The molecular formula is C29H29F4N5O5S. The molecule has 2 aromatic heterocycles. The van der Waals surface area contributed by atoms with E-state index in [2.05, 4.69) is 15.1 Å².